The fraction of sp³-hybridized carbons (Fsp3) is 0.417. The van der Waals surface area contributed by atoms with Gasteiger partial charge < -0.3 is 14.3 Å². The van der Waals surface area contributed by atoms with Crippen LogP contribution in [0.3, 0.4) is 0 Å². The predicted octanol–water partition coefficient (Wildman–Crippen LogP) is 0.973. The van der Waals surface area contributed by atoms with E-state index in [0.29, 0.717) is 5.76 Å². The van der Waals surface area contributed by atoms with Gasteiger partial charge in [0, 0.05) is 13.1 Å². The third-order valence-corrected chi connectivity index (χ3v) is 2.59. The van der Waals surface area contributed by atoms with Gasteiger partial charge in [-0.05, 0) is 20.8 Å². The molecule has 18 heavy (non-hydrogen) atoms. The standard InChI is InChI=1S/C12H15N3O3/c1-6(2)14-10(16)8-7(3)18-11-9(8)12(17)15(4)5-13-11/h5-6H,1-4H3,(H,14,16). The smallest absolute Gasteiger partial charge is 0.265 e. The Hall–Kier alpha value is -2.11. The largest absolute Gasteiger partial charge is 0.442 e. The molecule has 2 aromatic rings. The Bertz CT molecular complexity index is 667. The monoisotopic (exact) mass is 249 g/mol. The van der Waals surface area contributed by atoms with Crippen LogP contribution in [0.25, 0.3) is 11.1 Å². The highest BCUT2D eigenvalue weighted by Gasteiger charge is 2.22. The minimum atomic E-state index is -0.314. The van der Waals surface area contributed by atoms with Gasteiger partial charge in [-0.3, -0.25) is 9.59 Å². The van der Waals surface area contributed by atoms with Crippen molar-refractivity contribution in [1.29, 1.82) is 0 Å². The van der Waals surface area contributed by atoms with Crippen molar-refractivity contribution in [2.75, 3.05) is 0 Å². The third-order valence-electron chi connectivity index (χ3n) is 2.59. The molecule has 0 saturated heterocycles. The van der Waals surface area contributed by atoms with Gasteiger partial charge in [-0.1, -0.05) is 0 Å². The summed E-state index contributed by atoms with van der Waals surface area (Å²) >= 11 is 0. The number of aryl methyl sites for hydroxylation is 2. The highest BCUT2D eigenvalue weighted by Crippen LogP contribution is 2.20. The number of nitrogens with zero attached hydrogens (tertiary/aromatic N) is 2. The van der Waals surface area contributed by atoms with E-state index in [1.165, 1.54) is 10.9 Å². The number of rotatable bonds is 2. The molecule has 96 valence electrons. The highest BCUT2D eigenvalue weighted by molar-refractivity contribution is 6.06. The van der Waals surface area contributed by atoms with Gasteiger partial charge in [0.1, 0.15) is 17.5 Å². The SMILES string of the molecule is Cc1oc2ncn(C)c(=O)c2c1C(=O)NC(C)C. The lowest BCUT2D eigenvalue weighted by atomic mass is 10.1. The van der Waals surface area contributed by atoms with Gasteiger partial charge in [-0.2, -0.15) is 0 Å². The zero-order valence-corrected chi connectivity index (χ0v) is 10.8. The third kappa shape index (κ3) is 1.90. The zero-order valence-electron chi connectivity index (χ0n) is 10.8. The molecular weight excluding hydrogens is 234 g/mol. The van der Waals surface area contributed by atoms with Crippen molar-refractivity contribution in [3.05, 3.63) is 28.0 Å². The van der Waals surface area contributed by atoms with Gasteiger partial charge in [0.2, 0.25) is 5.71 Å². The number of carbonyl (C=O) groups excluding carboxylic acids is 1. The number of hydrogen-bond acceptors (Lipinski definition) is 4. The van der Waals surface area contributed by atoms with Crippen molar-refractivity contribution < 1.29 is 9.21 Å². The molecule has 1 amide bonds. The fourth-order valence-electron chi connectivity index (χ4n) is 1.79. The summed E-state index contributed by atoms with van der Waals surface area (Å²) in [6.07, 6.45) is 1.37. The average molecular weight is 249 g/mol. The molecule has 6 heteroatoms. The van der Waals surface area contributed by atoms with Crippen molar-refractivity contribution in [2.24, 2.45) is 7.05 Å². The number of carbonyl (C=O) groups is 1. The van der Waals surface area contributed by atoms with Crippen LogP contribution >= 0.6 is 0 Å². The van der Waals surface area contributed by atoms with Crippen molar-refractivity contribution in [3.63, 3.8) is 0 Å². The zero-order chi connectivity index (χ0) is 13.4. The summed E-state index contributed by atoms with van der Waals surface area (Å²) in [5.41, 5.74) is 0.183. The molecule has 2 heterocycles. The molecule has 0 aromatic carbocycles. The fourth-order valence-corrected chi connectivity index (χ4v) is 1.79. The first kappa shape index (κ1) is 12.3. The molecule has 0 saturated carbocycles. The Morgan fingerprint density at radius 1 is 1.50 bits per heavy atom. The molecular formula is C12H15N3O3. The molecule has 0 spiro atoms. The van der Waals surface area contributed by atoms with Gasteiger partial charge >= 0.3 is 0 Å². The predicted molar refractivity (Wildman–Crippen MR) is 66.6 cm³/mol. The van der Waals surface area contributed by atoms with Crippen LogP contribution in [-0.4, -0.2) is 21.5 Å². The Balaban J connectivity index is 2.70. The minimum Gasteiger partial charge on any atom is -0.442 e. The van der Waals surface area contributed by atoms with Gasteiger partial charge in [0.05, 0.1) is 5.56 Å². The van der Waals surface area contributed by atoms with E-state index in [-0.39, 0.29) is 34.2 Å². The van der Waals surface area contributed by atoms with Crippen LogP contribution < -0.4 is 10.9 Å². The maximum absolute atomic E-state index is 12.1. The quantitative estimate of drug-likeness (QED) is 0.860. The van der Waals surface area contributed by atoms with E-state index < -0.39 is 0 Å². The minimum absolute atomic E-state index is 0.0117. The van der Waals surface area contributed by atoms with Crippen molar-refractivity contribution >= 4 is 17.0 Å². The highest BCUT2D eigenvalue weighted by atomic mass is 16.3. The molecule has 1 N–H and O–H groups in total. The first-order valence-corrected chi connectivity index (χ1v) is 5.67. The van der Waals surface area contributed by atoms with Gasteiger partial charge in [-0.25, -0.2) is 4.98 Å². The summed E-state index contributed by atoms with van der Waals surface area (Å²) in [7, 11) is 1.58. The molecule has 0 aliphatic heterocycles. The van der Waals surface area contributed by atoms with E-state index >= 15 is 0 Å². The van der Waals surface area contributed by atoms with E-state index in [1.807, 2.05) is 13.8 Å². The van der Waals surface area contributed by atoms with Gasteiger partial charge in [-0.15, -0.1) is 0 Å². The average Bonchev–Trinajstić information content (AvgIpc) is 2.60. The first-order chi connectivity index (χ1) is 8.41. The van der Waals surface area contributed by atoms with Crippen LogP contribution in [0.15, 0.2) is 15.5 Å². The molecule has 2 aromatic heterocycles. The lowest BCUT2D eigenvalue weighted by Crippen LogP contribution is -2.31. The number of amides is 1. The molecule has 0 aliphatic carbocycles. The van der Waals surface area contributed by atoms with Crippen molar-refractivity contribution in [3.8, 4) is 0 Å². The van der Waals surface area contributed by atoms with Gasteiger partial charge in [0.15, 0.2) is 0 Å². The number of aromatic nitrogens is 2. The van der Waals surface area contributed by atoms with Gasteiger partial charge in [0.25, 0.3) is 11.5 Å². The summed E-state index contributed by atoms with van der Waals surface area (Å²) in [5.74, 6) is 0.0882. The Morgan fingerprint density at radius 2 is 2.17 bits per heavy atom. The van der Waals surface area contributed by atoms with E-state index in [9.17, 15) is 9.59 Å². The van der Waals surface area contributed by atoms with Crippen molar-refractivity contribution in [1.82, 2.24) is 14.9 Å². The maximum Gasteiger partial charge on any atom is 0.265 e. The Morgan fingerprint density at radius 3 is 2.78 bits per heavy atom. The summed E-state index contributed by atoms with van der Waals surface area (Å²) in [5, 5.41) is 2.98. The summed E-state index contributed by atoms with van der Waals surface area (Å²) < 4.78 is 6.68. The van der Waals surface area contributed by atoms with Crippen LogP contribution in [0.5, 0.6) is 0 Å². The van der Waals surface area contributed by atoms with Crippen LogP contribution in [0.4, 0.5) is 0 Å². The summed E-state index contributed by atoms with van der Waals surface area (Å²) in [6, 6.07) is -0.0117. The molecule has 0 atom stereocenters. The topological polar surface area (TPSA) is 77.1 Å². The maximum atomic E-state index is 12.1. The number of furan rings is 1. The molecule has 2 rings (SSSR count). The second kappa shape index (κ2) is 4.29. The van der Waals surface area contributed by atoms with Crippen LogP contribution in [0, 0.1) is 6.92 Å². The first-order valence-electron chi connectivity index (χ1n) is 5.67. The molecule has 0 aliphatic rings. The Labute approximate surface area is 104 Å². The number of nitrogens with one attached hydrogen (secondary N) is 1. The number of fused-ring (bicyclic) bond motifs is 1. The molecule has 6 nitrogen and oxygen atoms in total. The van der Waals surface area contributed by atoms with E-state index in [1.54, 1.807) is 14.0 Å². The van der Waals surface area contributed by atoms with Crippen LogP contribution in [0.1, 0.15) is 30.0 Å². The van der Waals surface area contributed by atoms with E-state index in [2.05, 4.69) is 10.3 Å². The second-order valence-electron chi connectivity index (χ2n) is 4.50. The summed E-state index contributed by atoms with van der Waals surface area (Å²) in [4.78, 5) is 28.1. The van der Waals surface area contributed by atoms with E-state index in [0.717, 1.165) is 0 Å². The van der Waals surface area contributed by atoms with Crippen LogP contribution in [-0.2, 0) is 7.05 Å². The lowest BCUT2D eigenvalue weighted by molar-refractivity contribution is 0.0943. The van der Waals surface area contributed by atoms with E-state index in [4.69, 9.17) is 4.42 Å². The lowest BCUT2D eigenvalue weighted by Gasteiger charge is -2.07. The van der Waals surface area contributed by atoms with Crippen LogP contribution in [0.2, 0.25) is 0 Å². The Kier molecular flexibility index (Phi) is 2.94. The number of hydrogen-bond donors (Lipinski definition) is 1. The molecule has 0 radical (unpaired) electrons. The molecule has 0 bridgehead atoms. The normalized spacial score (nSPS) is 11.2. The molecule has 0 unspecified atom stereocenters. The summed E-state index contributed by atoms with van der Waals surface area (Å²) in [6.45, 7) is 5.36. The second-order valence-corrected chi connectivity index (χ2v) is 4.50. The van der Waals surface area contributed by atoms with Crippen molar-refractivity contribution in [2.45, 2.75) is 26.8 Å². The molecule has 0 fully saturated rings.